The highest BCUT2D eigenvalue weighted by molar-refractivity contribution is 5.99. The molecule has 0 spiro atoms. The summed E-state index contributed by atoms with van der Waals surface area (Å²) in [5.41, 5.74) is -0.195. The van der Waals surface area contributed by atoms with Crippen LogP contribution in [0.15, 0.2) is 0 Å². The molecule has 3 rings (SSSR count). The summed E-state index contributed by atoms with van der Waals surface area (Å²) in [6.45, 7) is 4.10. The van der Waals surface area contributed by atoms with Crippen molar-refractivity contribution in [3.05, 3.63) is 0 Å². The van der Waals surface area contributed by atoms with E-state index < -0.39 is 0 Å². The zero-order valence-corrected chi connectivity index (χ0v) is 8.30. The normalized spacial score (nSPS) is 49.4. The van der Waals surface area contributed by atoms with Gasteiger partial charge in [-0.15, -0.1) is 0 Å². The first-order chi connectivity index (χ1) is 6.02. The van der Waals surface area contributed by atoms with Crippen LogP contribution in [0, 0.1) is 16.7 Å². The minimum atomic E-state index is -0.319. The zero-order valence-electron chi connectivity index (χ0n) is 8.30. The van der Waals surface area contributed by atoms with Crippen molar-refractivity contribution in [2.45, 2.75) is 39.5 Å². The van der Waals surface area contributed by atoms with Crippen LogP contribution in [0.5, 0.6) is 0 Å². The number of Topliss-reactive ketones (excluding diaryl/α,β-unsaturated/α-hetero) is 1. The van der Waals surface area contributed by atoms with Crippen molar-refractivity contribution in [1.29, 1.82) is 0 Å². The molecule has 0 aromatic rings. The molecule has 0 aromatic heterocycles. The van der Waals surface area contributed by atoms with Crippen LogP contribution in [0.2, 0.25) is 0 Å². The number of carbonyl (C=O) groups is 2. The maximum absolute atomic E-state index is 11.9. The van der Waals surface area contributed by atoms with Gasteiger partial charge in [0.2, 0.25) is 0 Å². The van der Waals surface area contributed by atoms with Gasteiger partial charge in [-0.3, -0.25) is 4.79 Å². The lowest BCUT2D eigenvalue weighted by Crippen LogP contribution is -2.53. The van der Waals surface area contributed by atoms with Gasteiger partial charge in [-0.25, -0.2) is 0 Å². The molecule has 1 unspecified atom stereocenters. The highest BCUT2D eigenvalue weighted by Crippen LogP contribution is 2.56. The van der Waals surface area contributed by atoms with E-state index in [-0.39, 0.29) is 22.5 Å². The molecule has 0 aromatic carbocycles. The monoisotopic (exact) mass is 180 g/mol. The molecule has 2 nitrogen and oxygen atoms in total. The van der Waals surface area contributed by atoms with Crippen LogP contribution in [0.4, 0.5) is 0 Å². The van der Waals surface area contributed by atoms with E-state index in [1.54, 1.807) is 0 Å². The number of aldehydes is 1. The SMILES string of the molecule is CC12CCC(C)(CC1)C(C=O)C2=O. The Bertz CT molecular complexity index is 259. The molecule has 0 heterocycles. The van der Waals surface area contributed by atoms with Crippen LogP contribution in [0.1, 0.15) is 39.5 Å². The molecule has 72 valence electrons. The lowest BCUT2D eigenvalue weighted by molar-refractivity contribution is -0.154. The van der Waals surface area contributed by atoms with Gasteiger partial charge in [-0.1, -0.05) is 13.8 Å². The van der Waals surface area contributed by atoms with Crippen molar-refractivity contribution in [2.75, 3.05) is 0 Å². The van der Waals surface area contributed by atoms with Crippen molar-refractivity contribution in [3.63, 3.8) is 0 Å². The van der Waals surface area contributed by atoms with E-state index >= 15 is 0 Å². The minimum Gasteiger partial charge on any atom is -0.303 e. The van der Waals surface area contributed by atoms with Crippen LogP contribution in [0.3, 0.4) is 0 Å². The summed E-state index contributed by atoms with van der Waals surface area (Å²) in [7, 11) is 0. The number of hydrogen-bond acceptors (Lipinski definition) is 2. The van der Waals surface area contributed by atoms with Crippen molar-refractivity contribution < 1.29 is 9.59 Å². The smallest absolute Gasteiger partial charge is 0.149 e. The molecule has 0 aliphatic heterocycles. The van der Waals surface area contributed by atoms with E-state index in [2.05, 4.69) is 6.92 Å². The molecule has 2 bridgehead atoms. The second-order valence-electron chi connectivity index (χ2n) is 5.19. The molecule has 1 atom stereocenters. The Morgan fingerprint density at radius 2 is 1.77 bits per heavy atom. The summed E-state index contributed by atoms with van der Waals surface area (Å²) >= 11 is 0. The van der Waals surface area contributed by atoms with E-state index in [1.165, 1.54) is 0 Å². The van der Waals surface area contributed by atoms with Crippen molar-refractivity contribution >= 4 is 12.1 Å². The fourth-order valence-corrected chi connectivity index (χ4v) is 2.85. The fourth-order valence-electron chi connectivity index (χ4n) is 2.85. The molecular weight excluding hydrogens is 164 g/mol. The maximum Gasteiger partial charge on any atom is 0.149 e. The Hall–Kier alpha value is -0.660. The van der Waals surface area contributed by atoms with E-state index in [9.17, 15) is 9.59 Å². The first-order valence-electron chi connectivity index (χ1n) is 5.01. The highest BCUT2D eigenvalue weighted by atomic mass is 16.1. The third-order valence-corrected chi connectivity index (χ3v) is 4.26. The maximum atomic E-state index is 11.9. The zero-order chi connectivity index (χ0) is 9.69. The van der Waals surface area contributed by atoms with Crippen LogP contribution in [-0.4, -0.2) is 12.1 Å². The number of carbonyl (C=O) groups excluding carboxylic acids is 2. The summed E-state index contributed by atoms with van der Waals surface area (Å²) in [6.07, 6.45) is 4.91. The molecule has 0 radical (unpaired) electrons. The van der Waals surface area contributed by atoms with Gasteiger partial charge in [0.05, 0.1) is 5.92 Å². The summed E-state index contributed by atoms with van der Waals surface area (Å²) in [5, 5.41) is 0. The number of ketones is 1. The Morgan fingerprint density at radius 3 is 2.15 bits per heavy atom. The van der Waals surface area contributed by atoms with E-state index in [1.807, 2.05) is 6.92 Å². The van der Waals surface area contributed by atoms with Gasteiger partial charge in [-0.2, -0.15) is 0 Å². The quantitative estimate of drug-likeness (QED) is 0.456. The second kappa shape index (κ2) is 2.43. The number of rotatable bonds is 1. The summed E-state index contributed by atoms with van der Waals surface area (Å²) < 4.78 is 0. The third-order valence-electron chi connectivity index (χ3n) is 4.26. The van der Waals surface area contributed by atoms with E-state index in [0.717, 1.165) is 32.0 Å². The average molecular weight is 180 g/mol. The topological polar surface area (TPSA) is 34.1 Å². The third kappa shape index (κ3) is 1.01. The van der Waals surface area contributed by atoms with Gasteiger partial charge in [0.15, 0.2) is 0 Å². The Balaban J connectivity index is 2.40. The molecule has 3 aliphatic rings. The van der Waals surface area contributed by atoms with E-state index in [4.69, 9.17) is 0 Å². The second-order valence-corrected chi connectivity index (χ2v) is 5.19. The van der Waals surface area contributed by atoms with Gasteiger partial charge in [0.25, 0.3) is 0 Å². The molecule has 3 saturated carbocycles. The largest absolute Gasteiger partial charge is 0.303 e. The van der Waals surface area contributed by atoms with Crippen LogP contribution in [-0.2, 0) is 9.59 Å². The molecular formula is C11H16O2. The first-order valence-corrected chi connectivity index (χ1v) is 5.01. The number of fused-ring (bicyclic) bond motifs is 3. The molecule has 3 fully saturated rings. The van der Waals surface area contributed by atoms with Gasteiger partial charge < -0.3 is 4.79 Å². The summed E-state index contributed by atoms with van der Waals surface area (Å²) in [6, 6.07) is 0. The Morgan fingerprint density at radius 1 is 1.23 bits per heavy atom. The number of hydrogen-bond donors (Lipinski definition) is 0. The lowest BCUT2D eigenvalue weighted by atomic mass is 9.50. The van der Waals surface area contributed by atoms with Gasteiger partial charge in [0, 0.05) is 5.41 Å². The molecule has 0 N–H and O–H groups in total. The minimum absolute atomic E-state index is 0.0173. The van der Waals surface area contributed by atoms with Crippen LogP contribution in [0.25, 0.3) is 0 Å². The van der Waals surface area contributed by atoms with Crippen molar-refractivity contribution in [3.8, 4) is 0 Å². The predicted molar refractivity (Wildman–Crippen MR) is 49.2 cm³/mol. The standard InChI is InChI=1S/C11H16O2/c1-10-3-5-11(2,6-4-10)9(13)8(10)7-12/h7-8H,3-6H2,1-2H3. The van der Waals surface area contributed by atoms with Gasteiger partial charge in [-0.05, 0) is 31.1 Å². The van der Waals surface area contributed by atoms with Crippen molar-refractivity contribution in [2.24, 2.45) is 16.7 Å². The molecule has 0 saturated heterocycles. The van der Waals surface area contributed by atoms with Crippen LogP contribution >= 0.6 is 0 Å². The predicted octanol–water partition coefficient (Wildman–Crippen LogP) is 1.97. The Labute approximate surface area is 78.7 Å². The average Bonchev–Trinajstić information content (AvgIpc) is 2.10. The molecule has 3 aliphatic carbocycles. The molecule has 2 heteroatoms. The highest BCUT2D eigenvalue weighted by Gasteiger charge is 2.55. The molecule has 0 amide bonds. The summed E-state index contributed by atoms with van der Waals surface area (Å²) in [4.78, 5) is 22.8. The fraction of sp³-hybridized carbons (Fsp3) is 0.818. The summed E-state index contributed by atoms with van der Waals surface area (Å²) in [5.74, 6) is -0.123. The lowest BCUT2D eigenvalue weighted by Gasteiger charge is -2.52. The first kappa shape index (κ1) is 8.92. The van der Waals surface area contributed by atoms with Crippen LogP contribution < -0.4 is 0 Å². The van der Waals surface area contributed by atoms with Gasteiger partial charge in [0.1, 0.15) is 12.1 Å². The molecule has 13 heavy (non-hydrogen) atoms. The van der Waals surface area contributed by atoms with E-state index in [0.29, 0.717) is 0 Å². The van der Waals surface area contributed by atoms with Gasteiger partial charge >= 0.3 is 0 Å². The Kier molecular flexibility index (Phi) is 1.67. The van der Waals surface area contributed by atoms with Crippen molar-refractivity contribution in [1.82, 2.24) is 0 Å².